The van der Waals surface area contributed by atoms with E-state index < -0.39 is 8.32 Å². The molecule has 6 nitrogen and oxygen atoms in total. The summed E-state index contributed by atoms with van der Waals surface area (Å²) in [5.41, 5.74) is 2.86. The zero-order chi connectivity index (χ0) is 25.9. The molecule has 1 saturated carbocycles. The van der Waals surface area contributed by atoms with Gasteiger partial charge in [-0.1, -0.05) is 41.5 Å². The zero-order valence-electron chi connectivity index (χ0n) is 22.0. The second kappa shape index (κ2) is 11.8. The SMILES string of the molecule is Cc1sc(C(=O)c2cncnc2N[C@@H]2C[C@H](CO)[C@@H](O[Si](C(C)C)(C(C)C)C(C)C)C2)cc1CCl. The summed E-state index contributed by atoms with van der Waals surface area (Å²) in [4.78, 5) is 23.5. The first-order chi connectivity index (χ1) is 16.5. The molecule has 35 heavy (non-hydrogen) atoms. The first kappa shape index (κ1) is 28.3. The first-order valence-electron chi connectivity index (χ1n) is 12.6. The lowest BCUT2D eigenvalue weighted by atomic mass is 10.1. The van der Waals surface area contributed by atoms with Gasteiger partial charge in [-0.15, -0.1) is 22.9 Å². The predicted octanol–water partition coefficient (Wildman–Crippen LogP) is 6.56. The van der Waals surface area contributed by atoms with E-state index >= 15 is 0 Å². The molecule has 3 rings (SSSR count). The minimum absolute atomic E-state index is 0.0106. The lowest BCUT2D eigenvalue weighted by Gasteiger charge is -2.45. The lowest BCUT2D eigenvalue weighted by molar-refractivity contribution is 0.0941. The van der Waals surface area contributed by atoms with Gasteiger partial charge in [0.2, 0.25) is 14.1 Å². The van der Waals surface area contributed by atoms with Gasteiger partial charge in [0.1, 0.15) is 12.1 Å². The summed E-state index contributed by atoms with van der Waals surface area (Å²) in [6.07, 6.45) is 4.57. The van der Waals surface area contributed by atoms with Gasteiger partial charge >= 0.3 is 0 Å². The molecule has 1 fully saturated rings. The number of nitrogens with zero attached hydrogens (tertiary/aromatic N) is 2. The summed E-state index contributed by atoms with van der Waals surface area (Å²) in [6, 6.07) is 1.92. The number of aromatic nitrogens is 2. The first-order valence-corrected chi connectivity index (χ1v) is 16.1. The molecule has 0 saturated heterocycles. The molecule has 0 aliphatic heterocycles. The number of hydrogen-bond acceptors (Lipinski definition) is 7. The maximum atomic E-state index is 13.3. The molecule has 0 amide bonds. The Bertz CT molecular complexity index is 992. The van der Waals surface area contributed by atoms with Crippen LogP contribution >= 0.6 is 22.9 Å². The highest BCUT2D eigenvalue weighted by Gasteiger charge is 2.49. The van der Waals surface area contributed by atoms with Crippen molar-refractivity contribution in [2.45, 2.75) is 96.0 Å². The van der Waals surface area contributed by atoms with Gasteiger partial charge in [-0.25, -0.2) is 9.97 Å². The smallest absolute Gasteiger partial charge is 0.208 e. The van der Waals surface area contributed by atoms with E-state index in [1.807, 2.05) is 13.0 Å². The number of aliphatic hydroxyl groups excluding tert-OH is 1. The maximum Gasteiger partial charge on any atom is 0.208 e. The predicted molar refractivity (Wildman–Crippen MR) is 147 cm³/mol. The largest absolute Gasteiger partial charge is 0.413 e. The molecule has 0 unspecified atom stereocenters. The summed E-state index contributed by atoms with van der Waals surface area (Å²) < 4.78 is 7.06. The molecule has 0 radical (unpaired) electrons. The van der Waals surface area contributed by atoms with E-state index in [9.17, 15) is 9.90 Å². The Balaban J connectivity index is 1.81. The number of thiophene rings is 1. The average molecular weight is 538 g/mol. The van der Waals surface area contributed by atoms with Crippen LogP contribution in [0.2, 0.25) is 16.6 Å². The van der Waals surface area contributed by atoms with E-state index in [4.69, 9.17) is 16.0 Å². The average Bonchev–Trinajstić information content (AvgIpc) is 3.38. The fourth-order valence-electron chi connectivity index (χ4n) is 5.91. The molecule has 3 atom stereocenters. The molecule has 9 heteroatoms. The molecule has 0 spiro atoms. The van der Waals surface area contributed by atoms with Gasteiger partial charge in [-0.3, -0.25) is 4.79 Å². The Morgan fingerprint density at radius 2 is 1.89 bits per heavy atom. The van der Waals surface area contributed by atoms with Crippen molar-refractivity contribution in [3.05, 3.63) is 39.5 Å². The van der Waals surface area contributed by atoms with E-state index in [2.05, 4.69) is 56.8 Å². The van der Waals surface area contributed by atoms with Crippen LogP contribution in [-0.2, 0) is 10.3 Å². The summed E-state index contributed by atoms with van der Waals surface area (Å²) in [5.74, 6) is 0.869. The highest BCUT2D eigenvalue weighted by atomic mass is 35.5. The van der Waals surface area contributed by atoms with Crippen LogP contribution in [0.4, 0.5) is 5.82 Å². The van der Waals surface area contributed by atoms with Crippen molar-refractivity contribution in [2.24, 2.45) is 5.92 Å². The van der Waals surface area contributed by atoms with Crippen molar-refractivity contribution in [3.63, 3.8) is 0 Å². The highest BCUT2D eigenvalue weighted by molar-refractivity contribution is 7.14. The third-order valence-corrected chi connectivity index (χ3v) is 15.1. The molecule has 0 bridgehead atoms. The zero-order valence-corrected chi connectivity index (χ0v) is 24.5. The molecule has 2 aromatic heterocycles. The lowest BCUT2D eigenvalue weighted by Crippen LogP contribution is -2.51. The standard InChI is InChI=1S/C26H40ClN3O3SSi/c1-15(2)35(16(3)4,17(5)6)33-23-10-21(8-20(23)13-31)30-26-22(12-28-14-29-26)25(32)24-9-19(11-27)18(7)34-24/h9,12,14-17,20-21,23,31H,8,10-11,13H2,1-7H3,(H,28,29,30)/t20-,21-,23+/m1/s1. The van der Waals surface area contributed by atoms with Gasteiger partial charge in [0.15, 0.2) is 0 Å². The van der Waals surface area contributed by atoms with Crippen LogP contribution < -0.4 is 5.32 Å². The van der Waals surface area contributed by atoms with Gasteiger partial charge < -0.3 is 14.8 Å². The number of carbonyl (C=O) groups is 1. The van der Waals surface area contributed by atoms with Gasteiger partial charge in [0, 0.05) is 35.5 Å². The third kappa shape index (κ3) is 5.82. The Labute approximate surface area is 220 Å². The number of aliphatic hydroxyl groups is 1. The fraction of sp³-hybridized carbons (Fsp3) is 0.654. The highest BCUT2D eigenvalue weighted by Crippen LogP contribution is 2.46. The van der Waals surface area contributed by atoms with Crippen LogP contribution in [0.3, 0.4) is 0 Å². The Kier molecular flexibility index (Phi) is 9.54. The Morgan fingerprint density at radius 1 is 1.23 bits per heavy atom. The van der Waals surface area contributed by atoms with E-state index in [-0.39, 0.29) is 30.5 Å². The van der Waals surface area contributed by atoms with E-state index in [0.717, 1.165) is 23.3 Å². The van der Waals surface area contributed by atoms with Crippen LogP contribution in [0, 0.1) is 12.8 Å². The number of carbonyl (C=O) groups excluding carboxylic acids is 1. The Hall–Kier alpha value is -1.32. The summed E-state index contributed by atoms with van der Waals surface area (Å²) in [6.45, 7) is 15.8. The molecule has 1 aliphatic carbocycles. The van der Waals surface area contributed by atoms with Gasteiger partial charge in [0.05, 0.1) is 16.5 Å². The summed E-state index contributed by atoms with van der Waals surface area (Å²) >= 11 is 7.46. The van der Waals surface area contributed by atoms with Crippen molar-refractivity contribution in [1.82, 2.24) is 9.97 Å². The van der Waals surface area contributed by atoms with Crippen molar-refractivity contribution >= 4 is 42.9 Å². The normalized spacial score (nSPS) is 20.9. The van der Waals surface area contributed by atoms with Gasteiger partial charge in [0.25, 0.3) is 0 Å². The quantitative estimate of drug-likeness (QED) is 0.192. The summed E-state index contributed by atoms with van der Waals surface area (Å²) in [5, 5.41) is 13.7. The molecular formula is C26H40ClN3O3SSi. The molecule has 0 aromatic carbocycles. The fourth-order valence-corrected chi connectivity index (χ4v) is 12.9. The van der Waals surface area contributed by atoms with E-state index in [1.165, 1.54) is 17.7 Å². The maximum absolute atomic E-state index is 13.3. The number of aryl methyl sites for hydroxylation is 1. The summed E-state index contributed by atoms with van der Waals surface area (Å²) in [7, 11) is -2.08. The Morgan fingerprint density at radius 3 is 2.43 bits per heavy atom. The number of ketones is 1. The van der Waals surface area contributed by atoms with Crippen LogP contribution in [0.15, 0.2) is 18.6 Å². The molecule has 2 N–H and O–H groups in total. The number of rotatable bonds is 11. The van der Waals surface area contributed by atoms with Crippen molar-refractivity contribution in [3.8, 4) is 0 Å². The van der Waals surface area contributed by atoms with Crippen LogP contribution in [0.25, 0.3) is 0 Å². The van der Waals surface area contributed by atoms with Crippen LogP contribution in [-0.4, -0.2) is 47.9 Å². The van der Waals surface area contributed by atoms with Crippen molar-refractivity contribution in [2.75, 3.05) is 11.9 Å². The van der Waals surface area contributed by atoms with E-state index in [0.29, 0.717) is 38.8 Å². The number of hydrogen-bond donors (Lipinski definition) is 2. The van der Waals surface area contributed by atoms with Crippen molar-refractivity contribution in [1.29, 1.82) is 0 Å². The third-order valence-electron chi connectivity index (χ3n) is 7.61. The van der Waals surface area contributed by atoms with E-state index in [1.54, 1.807) is 6.20 Å². The molecule has 2 heterocycles. The molecule has 194 valence electrons. The van der Waals surface area contributed by atoms with Crippen LogP contribution in [0.5, 0.6) is 0 Å². The van der Waals surface area contributed by atoms with Crippen LogP contribution in [0.1, 0.15) is 80.1 Å². The molecule has 2 aromatic rings. The van der Waals surface area contributed by atoms with Gasteiger partial charge in [-0.2, -0.15) is 0 Å². The molecular weight excluding hydrogens is 498 g/mol. The number of anilines is 1. The topological polar surface area (TPSA) is 84.3 Å². The number of halogens is 1. The van der Waals surface area contributed by atoms with Gasteiger partial charge in [-0.05, 0) is 48.0 Å². The monoisotopic (exact) mass is 537 g/mol. The molecule has 1 aliphatic rings. The minimum atomic E-state index is -2.08. The number of alkyl halides is 1. The van der Waals surface area contributed by atoms with Crippen molar-refractivity contribution < 1.29 is 14.3 Å². The minimum Gasteiger partial charge on any atom is -0.413 e. The number of nitrogens with one attached hydrogen (secondary N) is 1. The second-order valence-corrected chi connectivity index (χ2v) is 17.6. The second-order valence-electron chi connectivity index (χ2n) is 10.7.